The molecule has 0 aliphatic rings. The van der Waals surface area contributed by atoms with Crippen LogP contribution in [0.4, 0.5) is 0 Å². The number of allylic oxidation sites excluding steroid dienone is 2. The van der Waals surface area contributed by atoms with Crippen LogP contribution in [0.1, 0.15) is 181 Å². The summed E-state index contributed by atoms with van der Waals surface area (Å²) in [5.74, 6) is -0.157. The minimum atomic E-state index is -4.30. The highest BCUT2D eigenvalue weighted by atomic mass is 31.2. The highest BCUT2D eigenvalue weighted by molar-refractivity contribution is 7.47. The molecule has 0 bridgehead atoms. The van der Waals surface area contributed by atoms with E-state index in [2.05, 4.69) is 31.3 Å². The zero-order valence-electron chi connectivity index (χ0n) is 32.2. The molecule has 0 aliphatic carbocycles. The summed E-state index contributed by atoms with van der Waals surface area (Å²) >= 11 is 0. The maximum atomic E-state index is 12.8. The van der Waals surface area contributed by atoms with Crippen molar-refractivity contribution in [2.75, 3.05) is 40.9 Å². The van der Waals surface area contributed by atoms with Crippen molar-refractivity contribution in [1.29, 1.82) is 0 Å². The molecule has 3 unspecified atom stereocenters. The van der Waals surface area contributed by atoms with E-state index in [1.807, 2.05) is 21.1 Å². The molecule has 0 aromatic rings. The molecular weight excluding hydrogens is 623 g/mol. The summed E-state index contributed by atoms with van der Waals surface area (Å²) in [6.45, 7) is 4.81. The number of aliphatic hydroxyl groups excluding tert-OH is 1. The molecule has 8 nitrogen and oxygen atoms in total. The highest BCUT2D eigenvalue weighted by Gasteiger charge is 2.28. The van der Waals surface area contributed by atoms with Crippen LogP contribution in [0.5, 0.6) is 0 Å². The minimum absolute atomic E-state index is 0.0745. The predicted octanol–water partition coefficient (Wildman–Crippen LogP) is 10.4. The van der Waals surface area contributed by atoms with Crippen LogP contribution in [-0.4, -0.2) is 73.4 Å². The lowest BCUT2D eigenvalue weighted by molar-refractivity contribution is -0.870. The summed E-state index contributed by atoms with van der Waals surface area (Å²) in [6, 6.07) is -0.758. The third-order valence-electron chi connectivity index (χ3n) is 8.99. The Kier molecular flexibility index (Phi) is 31.7. The zero-order chi connectivity index (χ0) is 35.8. The van der Waals surface area contributed by atoms with Crippen molar-refractivity contribution in [3.63, 3.8) is 0 Å². The van der Waals surface area contributed by atoms with Gasteiger partial charge in [-0.1, -0.05) is 154 Å². The summed E-state index contributed by atoms with van der Waals surface area (Å²) in [5, 5.41) is 13.9. The molecule has 0 aliphatic heterocycles. The summed E-state index contributed by atoms with van der Waals surface area (Å²) in [6.07, 6.45) is 33.8. The topological polar surface area (TPSA) is 105 Å². The first kappa shape index (κ1) is 47.2. The van der Waals surface area contributed by atoms with Crippen LogP contribution >= 0.6 is 7.82 Å². The molecule has 0 saturated heterocycles. The average Bonchev–Trinajstić information content (AvgIpc) is 3.02. The first-order chi connectivity index (χ1) is 23.0. The normalized spacial score (nSPS) is 14.7. The van der Waals surface area contributed by atoms with Gasteiger partial charge >= 0.3 is 7.82 Å². The van der Waals surface area contributed by atoms with E-state index in [-0.39, 0.29) is 19.1 Å². The Morgan fingerprint density at radius 3 is 1.69 bits per heavy atom. The molecule has 0 rings (SSSR count). The monoisotopic (exact) mass is 704 g/mol. The molecule has 0 heterocycles. The second kappa shape index (κ2) is 32.2. The molecule has 9 heteroatoms. The predicted molar refractivity (Wildman–Crippen MR) is 203 cm³/mol. The number of hydrogen-bond acceptors (Lipinski definition) is 5. The number of carbonyl (C=O) groups is 1. The molecule has 0 radical (unpaired) electrons. The van der Waals surface area contributed by atoms with E-state index in [0.29, 0.717) is 23.9 Å². The molecule has 0 spiro atoms. The van der Waals surface area contributed by atoms with E-state index in [4.69, 9.17) is 9.05 Å². The number of amides is 1. The standard InChI is InChI=1S/C39H79N2O6P/c1-6-8-10-12-14-16-18-19-20-21-22-23-24-26-28-30-32-38(42)37(36-47-48(44,45)46-35-34-41(3,4)5)40-39(43)33-31-29-27-25-17-15-13-11-9-7-2/h11,13,37-38,42H,6-10,12,14-36H2,1-5H3,(H-,40,43,44,45)/p+1/b13-11-. The van der Waals surface area contributed by atoms with E-state index >= 15 is 0 Å². The van der Waals surface area contributed by atoms with Crippen LogP contribution in [0.25, 0.3) is 0 Å². The number of phosphoric acid groups is 1. The molecule has 48 heavy (non-hydrogen) atoms. The number of phosphoric ester groups is 1. The molecule has 0 aromatic carbocycles. The first-order valence-corrected chi connectivity index (χ1v) is 21.5. The van der Waals surface area contributed by atoms with Crippen molar-refractivity contribution < 1.29 is 32.9 Å². The fourth-order valence-corrected chi connectivity index (χ4v) is 6.49. The Balaban J connectivity index is 4.40. The smallest absolute Gasteiger partial charge is 0.391 e. The Morgan fingerprint density at radius 2 is 1.17 bits per heavy atom. The first-order valence-electron chi connectivity index (χ1n) is 20.1. The summed E-state index contributed by atoms with van der Waals surface area (Å²) in [7, 11) is 1.61. The molecule has 3 N–H and O–H groups in total. The van der Waals surface area contributed by atoms with Crippen molar-refractivity contribution in [2.45, 2.75) is 193 Å². The number of rotatable bonds is 36. The largest absolute Gasteiger partial charge is 0.472 e. The third-order valence-corrected chi connectivity index (χ3v) is 9.98. The summed E-state index contributed by atoms with van der Waals surface area (Å²) < 4.78 is 23.5. The van der Waals surface area contributed by atoms with Crippen molar-refractivity contribution in [2.24, 2.45) is 0 Å². The maximum absolute atomic E-state index is 12.8. The Morgan fingerprint density at radius 1 is 0.688 bits per heavy atom. The van der Waals surface area contributed by atoms with Gasteiger partial charge in [0, 0.05) is 6.42 Å². The van der Waals surface area contributed by atoms with Gasteiger partial charge in [0.1, 0.15) is 13.2 Å². The quantitative estimate of drug-likeness (QED) is 0.0260. The van der Waals surface area contributed by atoms with E-state index in [9.17, 15) is 19.4 Å². The zero-order valence-corrected chi connectivity index (χ0v) is 33.1. The number of carbonyl (C=O) groups excluding carboxylic acids is 1. The van der Waals surface area contributed by atoms with Gasteiger partial charge < -0.3 is 19.8 Å². The Hall–Kier alpha value is -0.760. The molecule has 286 valence electrons. The van der Waals surface area contributed by atoms with Crippen molar-refractivity contribution in [3.05, 3.63) is 12.2 Å². The maximum Gasteiger partial charge on any atom is 0.472 e. The van der Waals surface area contributed by atoms with Gasteiger partial charge in [-0.25, -0.2) is 4.57 Å². The molecule has 1 amide bonds. The molecule has 0 fully saturated rings. The lowest BCUT2D eigenvalue weighted by atomic mass is 10.0. The number of unbranched alkanes of at least 4 members (excludes halogenated alkanes) is 21. The Bertz CT molecular complexity index is 804. The number of aliphatic hydroxyl groups is 1. The van der Waals surface area contributed by atoms with Crippen LogP contribution in [0.3, 0.4) is 0 Å². The van der Waals surface area contributed by atoms with Crippen LogP contribution < -0.4 is 5.32 Å². The molecular formula is C39H80N2O6P+. The number of nitrogens with zero attached hydrogens (tertiary/aromatic N) is 1. The SMILES string of the molecule is CCC/C=C\CCCCCCCC(=O)NC(COP(=O)(O)OCC[N+](C)(C)C)C(O)CCCCCCCCCCCCCCCCCC. The van der Waals surface area contributed by atoms with E-state index < -0.39 is 20.0 Å². The molecule has 3 atom stereocenters. The van der Waals surface area contributed by atoms with Gasteiger partial charge in [0.2, 0.25) is 5.91 Å². The molecule has 0 saturated carbocycles. The van der Waals surface area contributed by atoms with Crippen LogP contribution in [-0.2, 0) is 18.4 Å². The van der Waals surface area contributed by atoms with E-state index in [0.717, 1.165) is 57.8 Å². The summed E-state index contributed by atoms with van der Waals surface area (Å²) in [4.78, 5) is 23.0. The van der Waals surface area contributed by atoms with Gasteiger partial charge in [0.15, 0.2) is 0 Å². The van der Waals surface area contributed by atoms with Gasteiger partial charge in [0.05, 0.1) is 39.9 Å². The van der Waals surface area contributed by atoms with Gasteiger partial charge in [-0.2, -0.15) is 0 Å². The van der Waals surface area contributed by atoms with E-state index in [1.165, 1.54) is 96.3 Å². The van der Waals surface area contributed by atoms with Gasteiger partial charge in [0.25, 0.3) is 0 Å². The van der Waals surface area contributed by atoms with Crippen molar-refractivity contribution in [3.8, 4) is 0 Å². The number of likely N-dealkylation sites (N-methyl/N-ethyl adjacent to an activating group) is 1. The lowest BCUT2D eigenvalue weighted by Crippen LogP contribution is -2.46. The van der Waals surface area contributed by atoms with Gasteiger partial charge in [-0.05, 0) is 32.1 Å². The van der Waals surface area contributed by atoms with Gasteiger partial charge in [-0.15, -0.1) is 0 Å². The number of nitrogens with one attached hydrogen (secondary N) is 1. The number of hydrogen-bond donors (Lipinski definition) is 3. The minimum Gasteiger partial charge on any atom is -0.391 e. The van der Waals surface area contributed by atoms with Crippen LogP contribution in [0.15, 0.2) is 12.2 Å². The van der Waals surface area contributed by atoms with Gasteiger partial charge in [-0.3, -0.25) is 13.8 Å². The van der Waals surface area contributed by atoms with E-state index in [1.54, 1.807) is 0 Å². The van der Waals surface area contributed by atoms with Crippen molar-refractivity contribution >= 4 is 13.7 Å². The third kappa shape index (κ3) is 33.7. The second-order valence-corrected chi connectivity index (χ2v) is 16.5. The van der Waals surface area contributed by atoms with Crippen molar-refractivity contribution in [1.82, 2.24) is 5.32 Å². The number of quaternary nitrogens is 1. The fourth-order valence-electron chi connectivity index (χ4n) is 5.75. The lowest BCUT2D eigenvalue weighted by Gasteiger charge is -2.26. The van der Waals surface area contributed by atoms with Crippen LogP contribution in [0.2, 0.25) is 0 Å². The summed E-state index contributed by atoms with van der Waals surface area (Å²) in [5.41, 5.74) is 0. The highest BCUT2D eigenvalue weighted by Crippen LogP contribution is 2.43. The fraction of sp³-hybridized carbons (Fsp3) is 0.923. The molecule has 0 aromatic heterocycles. The second-order valence-electron chi connectivity index (χ2n) is 15.0. The Labute approximate surface area is 297 Å². The van der Waals surface area contributed by atoms with Crippen LogP contribution in [0, 0.1) is 0 Å². The average molecular weight is 704 g/mol.